The van der Waals surface area contributed by atoms with E-state index in [4.69, 9.17) is 0 Å². The Morgan fingerprint density at radius 1 is 1.55 bits per heavy atom. The fourth-order valence-electron chi connectivity index (χ4n) is 2.72. The number of hydrogen-bond acceptors (Lipinski definition) is 4. The molecule has 1 saturated heterocycles. The van der Waals surface area contributed by atoms with E-state index in [1.807, 2.05) is 0 Å². The molecule has 20 heavy (non-hydrogen) atoms. The summed E-state index contributed by atoms with van der Waals surface area (Å²) in [7, 11) is -3.87. The van der Waals surface area contributed by atoms with Crippen molar-refractivity contribution in [3.05, 3.63) is 12.0 Å². The van der Waals surface area contributed by atoms with Crippen LogP contribution in [0.4, 0.5) is 0 Å². The molecule has 2 rings (SSSR count). The van der Waals surface area contributed by atoms with Crippen LogP contribution in [-0.4, -0.2) is 46.4 Å². The summed E-state index contributed by atoms with van der Waals surface area (Å²) in [5.74, 6) is -0.638. The van der Waals surface area contributed by atoms with Gasteiger partial charge in [0.1, 0.15) is 11.9 Å². The molecule has 2 N–H and O–H groups in total. The van der Waals surface area contributed by atoms with Crippen molar-refractivity contribution in [1.82, 2.24) is 14.3 Å². The van der Waals surface area contributed by atoms with Crippen LogP contribution < -0.4 is 0 Å². The van der Waals surface area contributed by atoms with Gasteiger partial charge in [0, 0.05) is 6.54 Å². The quantitative estimate of drug-likeness (QED) is 0.866. The van der Waals surface area contributed by atoms with E-state index < -0.39 is 27.4 Å². The Bertz CT molecular complexity index is 620. The number of rotatable bonds is 3. The van der Waals surface area contributed by atoms with Crippen LogP contribution in [-0.2, 0) is 14.8 Å². The number of aliphatic carboxylic acids is 1. The third-order valence-electron chi connectivity index (χ3n) is 3.73. The van der Waals surface area contributed by atoms with Crippen molar-refractivity contribution in [1.29, 1.82) is 0 Å². The first-order valence-corrected chi connectivity index (χ1v) is 7.86. The summed E-state index contributed by atoms with van der Waals surface area (Å²) in [5.41, 5.74) is -0.605. The van der Waals surface area contributed by atoms with E-state index in [0.717, 1.165) is 4.31 Å². The third-order valence-corrected chi connectivity index (χ3v) is 5.50. The van der Waals surface area contributed by atoms with Gasteiger partial charge >= 0.3 is 5.97 Å². The highest BCUT2D eigenvalue weighted by atomic mass is 32.2. The molecule has 0 saturated carbocycles. The minimum Gasteiger partial charge on any atom is -0.480 e. The van der Waals surface area contributed by atoms with Crippen molar-refractivity contribution in [2.75, 3.05) is 6.54 Å². The molecule has 7 nitrogen and oxygen atoms in total. The van der Waals surface area contributed by atoms with Gasteiger partial charge in [-0.25, -0.2) is 13.4 Å². The molecular weight excluding hydrogens is 282 g/mol. The van der Waals surface area contributed by atoms with Gasteiger partial charge in [0.25, 0.3) is 10.0 Å². The lowest BCUT2D eigenvalue weighted by Gasteiger charge is -2.42. The van der Waals surface area contributed by atoms with Crippen molar-refractivity contribution in [3.63, 3.8) is 0 Å². The highest BCUT2D eigenvalue weighted by Crippen LogP contribution is 2.37. The summed E-state index contributed by atoms with van der Waals surface area (Å²) in [4.78, 5) is 18.1. The Labute approximate surface area is 118 Å². The maximum Gasteiger partial charge on any atom is 0.322 e. The first kappa shape index (κ1) is 15.0. The van der Waals surface area contributed by atoms with Gasteiger partial charge in [-0.1, -0.05) is 13.8 Å². The fraction of sp³-hybridized carbons (Fsp3) is 0.667. The molecule has 0 amide bonds. The van der Waals surface area contributed by atoms with Crippen molar-refractivity contribution in [2.45, 2.75) is 44.7 Å². The Balaban J connectivity index is 2.46. The Morgan fingerprint density at radius 3 is 2.70 bits per heavy atom. The molecule has 1 unspecified atom stereocenters. The molecule has 1 fully saturated rings. The normalized spacial score (nSPS) is 23.6. The number of carbonyl (C=O) groups is 1. The van der Waals surface area contributed by atoms with Gasteiger partial charge in [-0.3, -0.25) is 4.79 Å². The number of H-pyrrole nitrogens is 1. The number of nitrogens with one attached hydrogen (secondary N) is 1. The lowest BCUT2D eigenvalue weighted by molar-refractivity contribution is -0.147. The average Bonchev–Trinajstić information content (AvgIpc) is 2.74. The van der Waals surface area contributed by atoms with E-state index in [1.165, 1.54) is 6.20 Å². The number of aryl methyl sites for hydroxylation is 1. The SMILES string of the molecule is Cc1ncc(S(=O)(=O)N2CCCC(C)(C)C2C(=O)O)[nH]1. The molecule has 0 bridgehead atoms. The summed E-state index contributed by atoms with van der Waals surface area (Å²) in [6.45, 7) is 5.42. The number of sulfonamides is 1. The molecule has 0 aliphatic carbocycles. The van der Waals surface area contributed by atoms with Crippen LogP contribution in [0.3, 0.4) is 0 Å². The van der Waals surface area contributed by atoms with Gasteiger partial charge < -0.3 is 10.1 Å². The molecule has 2 heterocycles. The highest BCUT2D eigenvalue weighted by Gasteiger charge is 2.48. The summed E-state index contributed by atoms with van der Waals surface area (Å²) in [6.07, 6.45) is 2.55. The van der Waals surface area contributed by atoms with E-state index in [1.54, 1.807) is 20.8 Å². The Kier molecular flexibility index (Phi) is 3.64. The zero-order valence-electron chi connectivity index (χ0n) is 11.8. The predicted octanol–water partition coefficient (Wildman–Crippen LogP) is 0.982. The van der Waals surface area contributed by atoms with Crippen LogP contribution in [0.2, 0.25) is 0 Å². The van der Waals surface area contributed by atoms with Gasteiger partial charge in [-0.15, -0.1) is 0 Å². The first-order chi connectivity index (χ1) is 9.16. The smallest absolute Gasteiger partial charge is 0.322 e. The lowest BCUT2D eigenvalue weighted by atomic mass is 9.77. The van der Waals surface area contributed by atoms with E-state index in [9.17, 15) is 18.3 Å². The highest BCUT2D eigenvalue weighted by molar-refractivity contribution is 7.89. The second kappa shape index (κ2) is 4.85. The lowest BCUT2D eigenvalue weighted by Crippen LogP contribution is -2.56. The Morgan fingerprint density at radius 2 is 2.20 bits per heavy atom. The molecule has 112 valence electrons. The van der Waals surface area contributed by atoms with Crippen LogP contribution in [0, 0.1) is 12.3 Å². The minimum absolute atomic E-state index is 0.0565. The number of carboxylic acid groups (broad SMARTS) is 1. The number of carboxylic acids is 1. The number of imidazole rings is 1. The van der Waals surface area contributed by atoms with Gasteiger partial charge in [0.05, 0.1) is 6.20 Å². The van der Waals surface area contributed by atoms with Gasteiger partial charge in [-0.05, 0) is 25.2 Å². The molecule has 1 aliphatic rings. The molecular formula is C12H19N3O4S. The zero-order chi connectivity index (χ0) is 15.1. The van der Waals surface area contributed by atoms with E-state index in [0.29, 0.717) is 18.7 Å². The fourth-order valence-corrected chi connectivity index (χ4v) is 4.46. The second-order valence-electron chi connectivity index (χ2n) is 5.78. The Hall–Kier alpha value is -1.41. The maximum atomic E-state index is 12.6. The molecule has 1 atom stereocenters. The summed E-state index contributed by atoms with van der Waals surface area (Å²) < 4.78 is 26.3. The standard InChI is InChI=1S/C12H19N3O4S/c1-8-13-7-9(14-8)20(18,19)15-6-4-5-12(2,3)10(15)11(16)17/h7,10H,4-6H2,1-3H3,(H,13,14)(H,16,17). The van der Waals surface area contributed by atoms with Crippen molar-refractivity contribution in [3.8, 4) is 0 Å². The topological polar surface area (TPSA) is 103 Å². The molecule has 1 aliphatic heterocycles. The largest absolute Gasteiger partial charge is 0.480 e. The monoisotopic (exact) mass is 301 g/mol. The number of aromatic nitrogens is 2. The number of aromatic amines is 1. The van der Waals surface area contributed by atoms with E-state index >= 15 is 0 Å². The summed E-state index contributed by atoms with van der Waals surface area (Å²) in [6, 6.07) is -1.06. The number of nitrogens with zero attached hydrogens (tertiary/aromatic N) is 2. The molecule has 0 radical (unpaired) electrons. The second-order valence-corrected chi connectivity index (χ2v) is 7.64. The van der Waals surface area contributed by atoms with Crippen LogP contribution in [0.25, 0.3) is 0 Å². The maximum absolute atomic E-state index is 12.6. The van der Waals surface area contributed by atoms with Gasteiger partial charge in [0.15, 0.2) is 5.03 Å². The molecule has 8 heteroatoms. The third kappa shape index (κ3) is 2.45. The van der Waals surface area contributed by atoms with Crippen molar-refractivity contribution < 1.29 is 18.3 Å². The van der Waals surface area contributed by atoms with Crippen LogP contribution in [0.1, 0.15) is 32.5 Å². The van der Waals surface area contributed by atoms with Gasteiger partial charge in [-0.2, -0.15) is 4.31 Å². The summed E-state index contributed by atoms with van der Waals surface area (Å²) >= 11 is 0. The summed E-state index contributed by atoms with van der Waals surface area (Å²) in [5, 5.41) is 9.37. The van der Waals surface area contributed by atoms with Gasteiger partial charge in [0.2, 0.25) is 0 Å². The van der Waals surface area contributed by atoms with Crippen LogP contribution >= 0.6 is 0 Å². The van der Waals surface area contributed by atoms with Crippen LogP contribution in [0.15, 0.2) is 11.2 Å². The zero-order valence-corrected chi connectivity index (χ0v) is 12.6. The number of piperidine rings is 1. The van der Waals surface area contributed by atoms with Crippen molar-refractivity contribution in [2.24, 2.45) is 5.41 Å². The predicted molar refractivity (Wildman–Crippen MR) is 71.7 cm³/mol. The van der Waals surface area contributed by atoms with Crippen LogP contribution in [0.5, 0.6) is 0 Å². The minimum atomic E-state index is -3.87. The molecule has 1 aromatic heterocycles. The van der Waals surface area contributed by atoms with E-state index in [2.05, 4.69) is 9.97 Å². The van der Waals surface area contributed by atoms with E-state index in [-0.39, 0.29) is 11.6 Å². The average molecular weight is 301 g/mol. The first-order valence-electron chi connectivity index (χ1n) is 6.42. The molecule has 1 aromatic rings. The number of hydrogen-bond donors (Lipinski definition) is 2. The molecule has 0 aromatic carbocycles. The molecule has 0 spiro atoms. The van der Waals surface area contributed by atoms with Crippen molar-refractivity contribution >= 4 is 16.0 Å².